The number of hydrogen-bond donors (Lipinski definition) is 1. The standard InChI is InChI=1S/C19H14Cl3NO7/c1-9(24)10-2-16-17(30-8-29-16)5-14(10)23-18(25)6-28-19(26)7-27-15-4-12(21)11(20)3-13(15)22/h2-5H,6-8H2,1H3,(H,23,25). The van der Waals surface area contributed by atoms with Crippen LogP contribution >= 0.6 is 34.8 Å². The van der Waals surface area contributed by atoms with Crippen molar-refractivity contribution in [1.29, 1.82) is 0 Å². The number of Topliss-reactive ketones (excluding diaryl/α,β-unsaturated/α-hetero) is 1. The average Bonchev–Trinajstić information content (AvgIpc) is 3.14. The van der Waals surface area contributed by atoms with Gasteiger partial charge in [0.25, 0.3) is 5.91 Å². The molecule has 1 aliphatic heterocycles. The maximum absolute atomic E-state index is 12.1. The number of ether oxygens (including phenoxy) is 4. The first kappa shape index (κ1) is 22.0. The monoisotopic (exact) mass is 473 g/mol. The lowest BCUT2D eigenvalue weighted by Crippen LogP contribution is -2.24. The molecule has 3 rings (SSSR count). The Morgan fingerprint density at radius 3 is 2.33 bits per heavy atom. The predicted octanol–water partition coefficient (Wildman–Crippen LogP) is 4.14. The van der Waals surface area contributed by atoms with E-state index in [2.05, 4.69) is 5.32 Å². The summed E-state index contributed by atoms with van der Waals surface area (Å²) >= 11 is 17.6. The van der Waals surface area contributed by atoms with Crippen LogP contribution < -0.4 is 19.5 Å². The third-order valence-electron chi connectivity index (χ3n) is 3.85. The first-order chi connectivity index (χ1) is 14.2. The molecule has 1 heterocycles. The normalized spacial score (nSPS) is 11.7. The van der Waals surface area contributed by atoms with E-state index in [1.807, 2.05) is 0 Å². The van der Waals surface area contributed by atoms with Crippen LogP contribution in [0.5, 0.6) is 17.2 Å². The van der Waals surface area contributed by atoms with Crippen LogP contribution in [-0.4, -0.2) is 37.7 Å². The van der Waals surface area contributed by atoms with Gasteiger partial charge >= 0.3 is 5.97 Å². The van der Waals surface area contributed by atoms with Crippen molar-refractivity contribution in [2.75, 3.05) is 25.3 Å². The van der Waals surface area contributed by atoms with Gasteiger partial charge in [0.15, 0.2) is 30.5 Å². The highest BCUT2D eigenvalue weighted by Gasteiger charge is 2.21. The highest BCUT2D eigenvalue weighted by molar-refractivity contribution is 6.43. The molecule has 0 fully saturated rings. The third-order valence-corrected chi connectivity index (χ3v) is 4.87. The summed E-state index contributed by atoms with van der Waals surface area (Å²) < 4.78 is 20.6. The predicted molar refractivity (Wildman–Crippen MR) is 109 cm³/mol. The number of carbonyl (C=O) groups excluding carboxylic acids is 3. The summed E-state index contributed by atoms with van der Waals surface area (Å²) in [5, 5.41) is 3.11. The molecule has 0 aromatic heterocycles. The summed E-state index contributed by atoms with van der Waals surface area (Å²) in [5.41, 5.74) is 0.447. The number of rotatable bonds is 7. The number of anilines is 1. The van der Waals surface area contributed by atoms with Crippen LogP contribution in [-0.2, 0) is 14.3 Å². The van der Waals surface area contributed by atoms with Crippen molar-refractivity contribution >= 4 is 58.1 Å². The summed E-state index contributed by atoms with van der Waals surface area (Å²) in [4.78, 5) is 35.8. The zero-order valence-electron chi connectivity index (χ0n) is 15.4. The lowest BCUT2D eigenvalue weighted by Gasteiger charge is -2.11. The third kappa shape index (κ3) is 5.27. The fourth-order valence-corrected chi connectivity index (χ4v) is 3.05. The Labute approximate surface area is 185 Å². The first-order valence-electron chi connectivity index (χ1n) is 8.42. The largest absolute Gasteiger partial charge is 0.480 e. The number of benzene rings is 2. The minimum absolute atomic E-state index is 0.0184. The quantitative estimate of drug-likeness (QED) is 0.366. The first-order valence-corrected chi connectivity index (χ1v) is 9.55. The molecule has 1 N–H and O–H groups in total. The molecule has 0 aliphatic carbocycles. The number of halogens is 3. The van der Waals surface area contributed by atoms with Crippen LogP contribution in [0.25, 0.3) is 0 Å². The van der Waals surface area contributed by atoms with E-state index in [1.54, 1.807) is 0 Å². The summed E-state index contributed by atoms with van der Waals surface area (Å²) in [6.45, 7) is 0.264. The van der Waals surface area contributed by atoms with Crippen LogP contribution in [0.15, 0.2) is 24.3 Å². The molecule has 2 aromatic rings. The van der Waals surface area contributed by atoms with Crippen molar-refractivity contribution in [1.82, 2.24) is 0 Å². The van der Waals surface area contributed by atoms with E-state index in [0.717, 1.165) is 0 Å². The fourth-order valence-electron chi connectivity index (χ4n) is 2.46. The number of amides is 1. The Bertz CT molecular complexity index is 1030. The van der Waals surface area contributed by atoms with Gasteiger partial charge < -0.3 is 24.3 Å². The second-order valence-electron chi connectivity index (χ2n) is 6.00. The Balaban J connectivity index is 1.54. The SMILES string of the molecule is CC(=O)c1cc2c(cc1NC(=O)COC(=O)COc1cc(Cl)c(Cl)cc1Cl)OCO2. The number of hydrogen-bond acceptors (Lipinski definition) is 7. The van der Waals surface area contributed by atoms with Crippen molar-refractivity contribution in [2.24, 2.45) is 0 Å². The second-order valence-corrected chi connectivity index (χ2v) is 7.22. The molecule has 0 saturated carbocycles. The van der Waals surface area contributed by atoms with Gasteiger partial charge in [-0.25, -0.2) is 4.79 Å². The summed E-state index contributed by atoms with van der Waals surface area (Å²) in [6, 6.07) is 5.67. The minimum Gasteiger partial charge on any atom is -0.480 e. The van der Waals surface area contributed by atoms with E-state index in [-0.39, 0.29) is 44.6 Å². The minimum atomic E-state index is -0.815. The number of carbonyl (C=O) groups is 3. The van der Waals surface area contributed by atoms with Crippen LogP contribution in [0.1, 0.15) is 17.3 Å². The van der Waals surface area contributed by atoms with E-state index in [1.165, 1.54) is 31.2 Å². The van der Waals surface area contributed by atoms with E-state index in [9.17, 15) is 14.4 Å². The maximum atomic E-state index is 12.1. The van der Waals surface area contributed by atoms with Gasteiger partial charge in [-0.1, -0.05) is 34.8 Å². The summed E-state index contributed by atoms with van der Waals surface area (Å²) in [7, 11) is 0. The maximum Gasteiger partial charge on any atom is 0.344 e. The molecule has 158 valence electrons. The number of esters is 1. The van der Waals surface area contributed by atoms with E-state index < -0.39 is 25.1 Å². The lowest BCUT2D eigenvalue weighted by molar-refractivity contribution is -0.149. The van der Waals surface area contributed by atoms with Crippen molar-refractivity contribution in [3.63, 3.8) is 0 Å². The zero-order valence-corrected chi connectivity index (χ0v) is 17.7. The summed E-state index contributed by atoms with van der Waals surface area (Å²) in [6.07, 6.45) is 0. The molecule has 2 aromatic carbocycles. The Morgan fingerprint density at radius 2 is 1.63 bits per heavy atom. The molecule has 11 heteroatoms. The van der Waals surface area contributed by atoms with Crippen LogP contribution in [0.3, 0.4) is 0 Å². The number of ketones is 1. The van der Waals surface area contributed by atoms with Crippen LogP contribution in [0, 0.1) is 0 Å². The topological polar surface area (TPSA) is 100 Å². The van der Waals surface area contributed by atoms with Crippen molar-refractivity contribution in [2.45, 2.75) is 6.92 Å². The number of nitrogens with one attached hydrogen (secondary N) is 1. The Kier molecular flexibility index (Phi) is 6.91. The van der Waals surface area contributed by atoms with Gasteiger partial charge in [-0.2, -0.15) is 0 Å². The molecule has 30 heavy (non-hydrogen) atoms. The van der Waals surface area contributed by atoms with Gasteiger partial charge in [0, 0.05) is 17.7 Å². The molecule has 8 nitrogen and oxygen atoms in total. The second kappa shape index (κ2) is 9.42. The molecule has 0 saturated heterocycles. The molecule has 0 spiro atoms. The van der Waals surface area contributed by atoms with Crippen LogP contribution in [0.2, 0.25) is 15.1 Å². The van der Waals surface area contributed by atoms with E-state index in [4.69, 9.17) is 53.8 Å². The van der Waals surface area contributed by atoms with Gasteiger partial charge in [0.05, 0.1) is 20.8 Å². The molecule has 0 radical (unpaired) electrons. The smallest absolute Gasteiger partial charge is 0.344 e. The molecule has 0 unspecified atom stereocenters. The number of fused-ring (bicyclic) bond motifs is 1. The van der Waals surface area contributed by atoms with Crippen molar-refractivity contribution in [3.8, 4) is 17.2 Å². The summed E-state index contributed by atoms with van der Waals surface area (Å²) in [5.74, 6) is -0.824. The van der Waals surface area contributed by atoms with Crippen molar-refractivity contribution < 1.29 is 33.3 Å². The molecule has 1 amide bonds. The Morgan fingerprint density at radius 1 is 0.967 bits per heavy atom. The van der Waals surface area contributed by atoms with E-state index >= 15 is 0 Å². The van der Waals surface area contributed by atoms with E-state index in [0.29, 0.717) is 11.5 Å². The molecule has 1 aliphatic rings. The van der Waals surface area contributed by atoms with Gasteiger partial charge in [-0.3, -0.25) is 9.59 Å². The van der Waals surface area contributed by atoms with Gasteiger partial charge in [-0.05, 0) is 19.1 Å². The zero-order chi connectivity index (χ0) is 21.8. The molecular weight excluding hydrogens is 461 g/mol. The lowest BCUT2D eigenvalue weighted by atomic mass is 10.1. The average molecular weight is 475 g/mol. The fraction of sp³-hybridized carbons (Fsp3) is 0.211. The molecule has 0 bridgehead atoms. The molecular formula is C19H14Cl3NO7. The molecule has 0 atom stereocenters. The van der Waals surface area contributed by atoms with Gasteiger partial charge in [-0.15, -0.1) is 0 Å². The highest BCUT2D eigenvalue weighted by atomic mass is 35.5. The van der Waals surface area contributed by atoms with Crippen LogP contribution in [0.4, 0.5) is 5.69 Å². The van der Waals surface area contributed by atoms with Gasteiger partial charge in [0.1, 0.15) is 5.75 Å². The van der Waals surface area contributed by atoms with Gasteiger partial charge in [0.2, 0.25) is 6.79 Å². The highest BCUT2D eigenvalue weighted by Crippen LogP contribution is 2.37. The Hall–Kier alpha value is -2.68. The van der Waals surface area contributed by atoms with Crippen molar-refractivity contribution in [3.05, 3.63) is 44.9 Å².